The average molecular weight is 387 g/mol. The second-order valence-electron chi connectivity index (χ2n) is 4.12. The molecule has 0 aromatic heterocycles. The number of hydrogen-bond acceptors (Lipinski definition) is 3. The molecule has 0 atom stereocenters. The Morgan fingerprint density at radius 3 is 1.70 bits per heavy atom. The van der Waals surface area contributed by atoms with Gasteiger partial charge in [-0.25, -0.2) is 9.47 Å². The van der Waals surface area contributed by atoms with Crippen molar-refractivity contribution in [3.63, 3.8) is 0 Å². The van der Waals surface area contributed by atoms with E-state index in [2.05, 4.69) is 9.47 Å². The number of alkyl halides is 10. The van der Waals surface area contributed by atoms with Crippen LogP contribution in [-0.2, 0) is 14.2 Å². The summed E-state index contributed by atoms with van der Waals surface area (Å²) in [6.07, 6.45) is -22.5. The van der Waals surface area contributed by atoms with Crippen molar-refractivity contribution < 1.29 is 53.7 Å². The van der Waals surface area contributed by atoms with Gasteiger partial charge in [-0.05, 0) is 19.3 Å². The second kappa shape index (κ2) is 8.58. The van der Waals surface area contributed by atoms with Crippen LogP contribution in [0.4, 0.5) is 39.5 Å². The summed E-state index contributed by atoms with van der Waals surface area (Å²) in [4.78, 5) is 0. The quantitative estimate of drug-likeness (QED) is 0.291. The van der Waals surface area contributed by atoms with Crippen molar-refractivity contribution in [3.05, 3.63) is 0 Å². The van der Waals surface area contributed by atoms with Gasteiger partial charge in [0.25, 0.3) is 0 Å². The summed E-state index contributed by atoms with van der Waals surface area (Å²) in [7, 11) is 0. The first-order chi connectivity index (χ1) is 10.2. The van der Waals surface area contributed by atoms with Crippen LogP contribution in [0.25, 0.3) is 0 Å². The summed E-state index contributed by atoms with van der Waals surface area (Å²) >= 11 is 5.32. The number of rotatable bonds is 11. The van der Waals surface area contributed by atoms with Crippen LogP contribution in [0.15, 0.2) is 0 Å². The maximum atomic E-state index is 12.9. The van der Waals surface area contributed by atoms with Gasteiger partial charge in [0.1, 0.15) is 6.61 Å². The Kier molecular flexibility index (Phi) is 8.41. The lowest BCUT2D eigenvalue weighted by Crippen LogP contribution is -2.51. The standard InChI is InChI=1S/C10H12ClF9O3/c11-4-2-1-3-5-21-6-7(12,13)22-8(14,15)9(16,17)23-10(18,19)20/h1-6H2. The summed E-state index contributed by atoms with van der Waals surface area (Å²) in [5.74, 6) is 0.305. The molecular weight excluding hydrogens is 375 g/mol. The summed E-state index contributed by atoms with van der Waals surface area (Å²) in [6.45, 7) is -2.19. The highest BCUT2D eigenvalue weighted by Crippen LogP contribution is 2.43. The Morgan fingerprint density at radius 1 is 0.696 bits per heavy atom. The fourth-order valence-corrected chi connectivity index (χ4v) is 1.34. The van der Waals surface area contributed by atoms with Crippen LogP contribution in [0.1, 0.15) is 19.3 Å². The normalized spacial score (nSPS) is 14.3. The molecule has 0 saturated heterocycles. The summed E-state index contributed by atoms with van der Waals surface area (Å²) in [5, 5.41) is 0. The van der Waals surface area contributed by atoms with Crippen LogP contribution in [0.3, 0.4) is 0 Å². The zero-order chi connectivity index (χ0) is 18.4. The maximum Gasteiger partial charge on any atom is 0.527 e. The third kappa shape index (κ3) is 9.42. The molecule has 0 aliphatic carbocycles. The molecule has 0 radical (unpaired) electrons. The van der Waals surface area contributed by atoms with Crippen LogP contribution < -0.4 is 0 Å². The zero-order valence-corrected chi connectivity index (χ0v) is 12.0. The van der Waals surface area contributed by atoms with Crippen molar-refractivity contribution in [3.8, 4) is 0 Å². The predicted octanol–water partition coefficient (Wildman–Crippen LogP) is 4.74. The molecule has 0 aromatic rings. The molecule has 0 N–H and O–H groups in total. The third-order valence-corrected chi connectivity index (χ3v) is 2.32. The fraction of sp³-hybridized carbons (Fsp3) is 1.00. The van der Waals surface area contributed by atoms with E-state index in [0.717, 1.165) is 0 Å². The summed E-state index contributed by atoms with van der Waals surface area (Å²) < 4.78 is 120. The van der Waals surface area contributed by atoms with E-state index >= 15 is 0 Å². The Balaban J connectivity index is 4.49. The first-order valence-corrected chi connectivity index (χ1v) is 6.50. The van der Waals surface area contributed by atoms with Crippen molar-refractivity contribution in [1.82, 2.24) is 0 Å². The molecule has 0 fully saturated rings. The lowest BCUT2D eigenvalue weighted by Gasteiger charge is -2.29. The van der Waals surface area contributed by atoms with Gasteiger partial charge < -0.3 is 4.74 Å². The topological polar surface area (TPSA) is 27.7 Å². The molecule has 0 amide bonds. The zero-order valence-electron chi connectivity index (χ0n) is 11.2. The van der Waals surface area contributed by atoms with E-state index < -0.39 is 31.3 Å². The SMILES string of the molecule is FC(F)(F)OC(F)(F)C(F)(F)OC(F)(F)COCCCCCCl. The minimum atomic E-state index is -6.35. The number of halogens is 10. The van der Waals surface area contributed by atoms with E-state index in [-0.39, 0.29) is 13.0 Å². The lowest BCUT2D eigenvalue weighted by atomic mass is 10.3. The van der Waals surface area contributed by atoms with E-state index in [1.807, 2.05) is 4.74 Å². The molecule has 0 spiro atoms. The van der Waals surface area contributed by atoms with Crippen molar-refractivity contribution >= 4 is 11.6 Å². The molecule has 0 heterocycles. The molecule has 0 aliphatic heterocycles. The molecular formula is C10H12ClF9O3. The first-order valence-electron chi connectivity index (χ1n) is 5.97. The van der Waals surface area contributed by atoms with Gasteiger partial charge in [0.2, 0.25) is 0 Å². The molecule has 140 valence electrons. The van der Waals surface area contributed by atoms with Crippen molar-refractivity contribution in [1.29, 1.82) is 0 Å². The van der Waals surface area contributed by atoms with Gasteiger partial charge in [0.15, 0.2) is 0 Å². The molecule has 23 heavy (non-hydrogen) atoms. The smallest absolute Gasteiger partial charge is 0.372 e. The Morgan fingerprint density at radius 2 is 1.22 bits per heavy atom. The fourth-order valence-electron chi connectivity index (χ4n) is 1.15. The van der Waals surface area contributed by atoms with Gasteiger partial charge in [-0.1, -0.05) is 0 Å². The molecule has 0 bridgehead atoms. The molecule has 0 unspecified atom stereocenters. The van der Waals surface area contributed by atoms with E-state index in [9.17, 15) is 39.5 Å². The number of hydrogen-bond donors (Lipinski definition) is 0. The van der Waals surface area contributed by atoms with E-state index in [1.54, 1.807) is 0 Å². The highest BCUT2D eigenvalue weighted by Gasteiger charge is 2.67. The maximum absolute atomic E-state index is 12.9. The van der Waals surface area contributed by atoms with Gasteiger partial charge in [0, 0.05) is 12.5 Å². The molecule has 0 aliphatic rings. The van der Waals surface area contributed by atoms with E-state index in [0.29, 0.717) is 18.7 Å². The van der Waals surface area contributed by atoms with E-state index in [1.165, 1.54) is 0 Å². The minimum Gasteiger partial charge on any atom is -0.372 e. The van der Waals surface area contributed by atoms with Gasteiger partial charge >= 0.3 is 24.7 Å². The Hall–Kier alpha value is -0.460. The molecule has 13 heteroatoms. The van der Waals surface area contributed by atoms with Gasteiger partial charge in [0.05, 0.1) is 0 Å². The second-order valence-corrected chi connectivity index (χ2v) is 4.50. The van der Waals surface area contributed by atoms with Gasteiger partial charge in [-0.2, -0.15) is 26.3 Å². The number of ether oxygens (including phenoxy) is 3. The highest BCUT2D eigenvalue weighted by atomic mass is 35.5. The summed E-state index contributed by atoms with van der Waals surface area (Å²) in [6, 6.07) is 0. The van der Waals surface area contributed by atoms with E-state index in [4.69, 9.17) is 11.6 Å². The molecule has 0 saturated carbocycles. The Labute approximate surface area is 129 Å². The van der Waals surface area contributed by atoms with Crippen LogP contribution in [0, 0.1) is 0 Å². The third-order valence-electron chi connectivity index (χ3n) is 2.05. The van der Waals surface area contributed by atoms with Crippen molar-refractivity contribution in [2.24, 2.45) is 0 Å². The van der Waals surface area contributed by atoms with Crippen LogP contribution in [-0.4, -0.2) is 43.8 Å². The Bertz CT molecular complexity index is 349. The van der Waals surface area contributed by atoms with Crippen molar-refractivity contribution in [2.75, 3.05) is 19.1 Å². The largest absolute Gasteiger partial charge is 0.527 e. The highest BCUT2D eigenvalue weighted by molar-refractivity contribution is 6.17. The number of unbranched alkanes of at least 4 members (excludes halogenated alkanes) is 2. The average Bonchev–Trinajstić information content (AvgIpc) is 2.29. The van der Waals surface area contributed by atoms with Gasteiger partial charge in [-0.15, -0.1) is 24.8 Å². The van der Waals surface area contributed by atoms with Gasteiger partial charge in [-0.3, -0.25) is 0 Å². The molecule has 0 rings (SSSR count). The minimum absolute atomic E-state index is 0.229. The monoisotopic (exact) mass is 386 g/mol. The lowest BCUT2D eigenvalue weighted by molar-refractivity contribution is -0.530. The molecule has 3 nitrogen and oxygen atoms in total. The van der Waals surface area contributed by atoms with Crippen LogP contribution >= 0.6 is 11.6 Å². The first kappa shape index (κ1) is 22.5. The van der Waals surface area contributed by atoms with Crippen molar-refractivity contribution in [2.45, 2.75) is 44.0 Å². The molecule has 0 aromatic carbocycles. The van der Waals surface area contributed by atoms with Crippen LogP contribution in [0.2, 0.25) is 0 Å². The van der Waals surface area contributed by atoms with Crippen LogP contribution in [0.5, 0.6) is 0 Å². The predicted molar refractivity (Wildman–Crippen MR) is 58.5 cm³/mol. The summed E-state index contributed by atoms with van der Waals surface area (Å²) in [5.41, 5.74) is 0.